The van der Waals surface area contributed by atoms with Gasteiger partial charge in [-0.1, -0.05) is 101 Å². The molecule has 0 bridgehead atoms. The Hall–Kier alpha value is -3.41. The van der Waals surface area contributed by atoms with E-state index in [0.717, 1.165) is 69.6 Å². The number of fused-ring (bicyclic) bond motifs is 1. The Labute approximate surface area is 243 Å². The molecule has 0 aliphatic heterocycles. The van der Waals surface area contributed by atoms with Crippen LogP contribution in [0.1, 0.15) is 69.8 Å². The molecular formula is C35H44F3N3. The van der Waals surface area contributed by atoms with Gasteiger partial charge in [-0.05, 0) is 66.1 Å². The number of hydrogen-bond acceptors (Lipinski definition) is 3. The number of rotatable bonds is 4. The smallest absolute Gasteiger partial charge is 0.362 e. The largest absolute Gasteiger partial charge is 0.416 e. The highest BCUT2D eigenvalue weighted by molar-refractivity contribution is 5.89. The van der Waals surface area contributed by atoms with Gasteiger partial charge in [-0.3, -0.25) is 0 Å². The van der Waals surface area contributed by atoms with Gasteiger partial charge in [0.05, 0.1) is 11.1 Å². The van der Waals surface area contributed by atoms with E-state index in [1.54, 1.807) is 0 Å². The van der Waals surface area contributed by atoms with Crippen molar-refractivity contribution in [2.24, 2.45) is 11.8 Å². The van der Waals surface area contributed by atoms with Crippen molar-refractivity contribution in [1.29, 1.82) is 0 Å². The summed E-state index contributed by atoms with van der Waals surface area (Å²) >= 11 is 0. The summed E-state index contributed by atoms with van der Waals surface area (Å²) in [4.78, 5) is 10.8. The number of benzene rings is 3. The van der Waals surface area contributed by atoms with Crippen LogP contribution in [0.2, 0.25) is 0 Å². The molecule has 3 aromatic carbocycles. The van der Waals surface area contributed by atoms with Crippen LogP contribution in [0.5, 0.6) is 0 Å². The molecule has 1 heterocycles. The standard InChI is InChI=1S/C15H13F3.C11H13N3.C9H18/c1-2-11-5-3-4-6-14(11)12-7-9-13(10-8-12)15(16,17)18;1-8-12-10-7-5-4-6-9(10)11(13-8)14(2)3;1-3-9-6-4-8(2)5-7-9/h3-10H,2H2,1H3;4-7H,1-3H3;8-9H,3-7H2,1-2H3. The lowest BCUT2D eigenvalue weighted by atomic mass is 9.82. The van der Waals surface area contributed by atoms with E-state index in [2.05, 4.69) is 23.8 Å². The number of hydrogen-bond donors (Lipinski definition) is 0. The van der Waals surface area contributed by atoms with Crippen molar-refractivity contribution in [2.45, 2.75) is 72.4 Å². The molecule has 41 heavy (non-hydrogen) atoms. The Morgan fingerprint density at radius 3 is 2.00 bits per heavy atom. The zero-order valence-electron chi connectivity index (χ0n) is 25.3. The second-order valence-corrected chi connectivity index (χ2v) is 11.1. The number of aromatic nitrogens is 2. The molecule has 0 saturated heterocycles. The van der Waals surface area contributed by atoms with Gasteiger partial charge < -0.3 is 4.90 Å². The number of aryl methyl sites for hydroxylation is 2. The molecule has 0 atom stereocenters. The van der Waals surface area contributed by atoms with Crippen LogP contribution in [0.3, 0.4) is 0 Å². The Kier molecular flexibility index (Phi) is 11.7. The van der Waals surface area contributed by atoms with Crippen LogP contribution in [-0.4, -0.2) is 24.1 Å². The quantitative estimate of drug-likeness (QED) is 0.247. The summed E-state index contributed by atoms with van der Waals surface area (Å²) in [5.74, 6) is 3.88. The van der Waals surface area contributed by atoms with Crippen molar-refractivity contribution < 1.29 is 13.2 Å². The molecule has 0 N–H and O–H groups in total. The summed E-state index contributed by atoms with van der Waals surface area (Å²) in [7, 11) is 3.99. The van der Waals surface area contributed by atoms with Crippen LogP contribution in [0, 0.1) is 18.8 Å². The van der Waals surface area contributed by atoms with E-state index in [0.29, 0.717) is 0 Å². The van der Waals surface area contributed by atoms with Crippen molar-refractivity contribution in [3.63, 3.8) is 0 Å². The van der Waals surface area contributed by atoms with Crippen LogP contribution < -0.4 is 4.90 Å². The molecule has 220 valence electrons. The second kappa shape index (κ2) is 15.0. The third-order valence-corrected chi connectivity index (χ3v) is 7.75. The molecule has 1 fully saturated rings. The summed E-state index contributed by atoms with van der Waals surface area (Å²) in [6, 6.07) is 21.1. The topological polar surface area (TPSA) is 29.0 Å². The first kappa shape index (κ1) is 32.1. The zero-order valence-corrected chi connectivity index (χ0v) is 25.3. The van der Waals surface area contributed by atoms with E-state index in [9.17, 15) is 13.2 Å². The van der Waals surface area contributed by atoms with E-state index in [1.165, 1.54) is 44.2 Å². The minimum Gasteiger partial charge on any atom is -0.362 e. The maximum atomic E-state index is 12.5. The molecule has 0 amide bonds. The molecule has 5 rings (SSSR count). The Bertz CT molecular complexity index is 1360. The molecule has 4 aromatic rings. The summed E-state index contributed by atoms with van der Waals surface area (Å²) < 4.78 is 37.4. The summed E-state index contributed by atoms with van der Waals surface area (Å²) in [5, 5.41) is 1.10. The van der Waals surface area contributed by atoms with E-state index in [4.69, 9.17) is 0 Å². The van der Waals surface area contributed by atoms with Gasteiger partial charge in [-0.2, -0.15) is 13.2 Å². The number of alkyl halides is 3. The maximum absolute atomic E-state index is 12.5. The normalized spacial score (nSPS) is 16.7. The minimum atomic E-state index is -4.27. The third-order valence-electron chi connectivity index (χ3n) is 7.75. The molecule has 1 aromatic heterocycles. The van der Waals surface area contributed by atoms with Gasteiger partial charge >= 0.3 is 6.18 Å². The molecule has 1 aliphatic carbocycles. The van der Waals surface area contributed by atoms with E-state index >= 15 is 0 Å². The SMILES string of the molecule is CCC1CCC(C)CC1.CCc1ccccc1-c1ccc(C(F)(F)F)cc1.Cc1nc(N(C)C)c2ccccc2n1. The van der Waals surface area contributed by atoms with Crippen molar-refractivity contribution >= 4 is 16.7 Å². The number of anilines is 1. The molecule has 0 spiro atoms. The number of para-hydroxylation sites is 1. The summed E-state index contributed by atoms with van der Waals surface area (Å²) in [6.45, 7) is 8.65. The molecule has 0 radical (unpaired) electrons. The Morgan fingerprint density at radius 2 is 1.41 bits per heavy atom. The van der Waals surface area contributed by atoms with Crippen LogP contribution >= 0.6 is 0 Å². The van der Waals surface area contributed by atoms with Gasteiger partial charge in [0.2, 0.25) is 0 Å². The molecule has 0 unspecified atom stereocenters. The van der Waals surface area contributed by atoms with E-state index in [-0.39, 0.29) is 0 Å². The summed E-state index contributed by atoms with van der Waals surface area (Å²) in [6.07, 6.45) is 3.96. The highest BCUT2D eigenvalue weighted by Gasteiger charge is 2.30. The number of nitrogens with zero attached hydrogens (tertiary/aromatic N) is 3. The molecule has 1 saturated carbocycles. The van der Waals surface area contributed by atoms with Gasteiger partial charge in [0.1, 0.15) is 11.6 Å². The van der Waals surface area contributed by atoms with Crippen molar-refractivity contribution in [3.8, 4) is 11.1 Å². The van der Waals surface area contributed by atoms with Gasteiger partial charge in [0, 0.05) is 19.5 Å². The monoisotopic (exact) mass is 563 g/mol. The molecule has 6 heteroatoms. The first-order valence-electron chi connectivity index (χ1n) is 14.7. The van der Waals surface area contributed by atoms with E-state index in [1.807, 2.05) is 81.4 Å². The maximum Gasteiger partial charge on any atom is 0.416 e. The average molecular weight is 564 g/mol. The summed E-state index contributed by atoms with van der Waals surface area (Å²) in [5.41, 5.74) is 3.34. The fourth-order valence-electron chi connectivity index (χ4n) is 5.20. The highest BCUT2D eigenvalue weighted by atomic mass is 19.4. The lowest BCUT2D eigenvalue weighted by molar-refractivity contribution is -0.137. The van der Waals surface area contributed by atoms with Gasteiger partial charge in [-0.15, -0.1) is 0 Å². The van der Waals surface area contributed by atoms with Crippen LogP contribution in [-0.2, 0) is 12.6 Å². The second-order valence-electron chi connectivity index (χ2n) is 11.1. The predicted molar refractivity (Wildman–Crippen MR) is 166 cm³/mol. The van der Waals surface area contributed by atoms with Crippen molar-refractivity contribution in [2.75, 3.05) is 19.0 Å². The van der Waals surface area contributed by atoms with E-state index < -0.39 is 11.7 Å². The first-order chi connectivity index (χ1) is 19.5. The predicted octanol–water partition coefficient (Wildman–Crippen LogP) is 10.2. The van der Waals surface area contributed by atoms with Crippen LogP contribution in [0.25, 0.3) is 22.0 Å². The van der Waals surface area contributed by atoms with Crippen LogP contribution in [0.15, 0.2) is 72.8 Å². The fraction of sp³-hybridized carbons (Fsp3) is 0.429. The lowest BCUT2D eigenvalue weighted by Crippen LogP contribution is -2.12. The van der Waals surface area contributed by atoms with Crippen molar-refractivity contribution in [3.05, 3.63) is 89.7 Å². The van der Waals surface area contributed by atoms with Crippen molar-refractivity contribution in [1.82, 2.24) is 9.97 Å². The highest BCUT2D eigenvalue weighted by Crippen LogP contribution is 2.32. The lowest BCUT2D eigenvalue weighted by Gasteiger charge is -2.24. The van der Waals surface area contributed by atoms with Gasteiger partial charge in [0.15, 0.2) is 0 Å². The minimum absolute atomic E-state index is 0.611. The third kappa shape index (κ3) is 9.31. The average Bonchev–Trinajstić information content (AvgIpc) is 2.97. The first-order valence-corrected chi connectivity index (χ1v) is 14.7. The van der Waals surface area contributed by atoms with Crippen LogP contribution in [0.4, 0.5) is 19.0 Å². The van der Waals surface area contributed by atoms with Gasteiger partial charge in [-0.25, -0.2) is 9.97 Å². The van der Waals surface area contributed by atoms with Gasteiger partial charge in [0.25, 0.3) is 0 Å². The number of halogens is 3. The Morgan fingerprint density at radius 1 is 0.805 bits per heavy atom. The Balaban J connectivity index is 0.000000179. The fourth-order valence-corrected chi connectivity index (χ4v) is 5.20. The molecule has 3 nitrogen and oxygen atoms in total. The molecule has 1 aliphatic rings. The molecular weight excluding hydrogens is 519 g/mol. The zero-order chi connectivity index (χ0) is 30.0.